The minimum absolute atomic E-state index is 0.956. The van der Waals surface area contributed by atoms with Gasteiger partial charge in [0, 0.05) is 0 Å². The molecule has 1 heterocycles. The molecule has 0 spiro atoms. The fraction of sp³-hybridized carbons (Fsp3) is 0.0588. The molecule has 100 valence electrons. The minimum atomic E-state index is 0.956. The molecule has 0 atom stereocenters. The van der Waals surface area contributed by atoms with E-state index in [0.717, 1.165) is 6.42 Å². The van der Waals surface area contributed by atoms with Gasteiger partial charge in [-0.15, -0.1) is 11.3 Å². The van der Waals surface area contributed by atoms with Crippen molar-refractivity contribution in [2.45, 2.75) is 6.42 Å². The van der Waals surface area contributed by atoms with E-state index in [2.05, 4.69) is 86.5 Å². The number of rotatable bonds is 3. The fourth-order valence-electron chi connectivity index (χ4n) is 2.16. The van der Waals surface area contributed by atoms with Crippen molar-refractivity contribution >= 4 is 43.2 Å². The fourth-order valence-corrected chi connectivity index (χ4v) is 4.99. The molecule has 0 unspecified atom stereocenters. The van der Waals surface area contributed by atoms with Gasteiger partial charge in [0.1, 0.15) is 0 Å². The lowest BCUT2D eigenvalue weighted by Gasteiger charge is -2.04. The van der Waals surface area contributed by atoms with Crippen LogP contribution in [-0.4, -0.2) is 0 Å². The van der Waals surface area contributed by atoms with Crippen molar-refractivity contribution in [3.05, 3.63) is 79.4 Å². The molecule has 3 heteroatoms. The van der Waals surface area contributed by atoms with Crippen molar-refractivity contribution in [3.8, 4) is 11.1 Å². The Labute approximate surface area is 139 Å². The SMILES string of the molecule is Brc1cc(Cc2ccc(-c3ccccc3)cc2)c(Br)s1. The summed E-state index contributed by atoms with van der Waals surface area (Å²) in [7, 11) is 0. The third-order valence-electron chi connectivity index (χ3n) is 3.18. The molecule has 0 aliphatic rings. The third kappa shape index (κ3) is 3.22. The van der Waals surface area contributed by atoms with Crippen LogP contribution >= 0.6 is 43.2 Å². The number of benzene rings is 2. The summed E-state index contributed by atoms with van der Waals surface area (Å²) in [5, 5.41) is 0. The third-order valence-corrected chi connectivity index (χ3v) is 5.65. The first-order valence-electron chi connectivity index (χ1n) is 6.30. The molecule has 3 aromatic rings. The molecule has 0 saturated heterocycles. The lowest BCUT2D eigenvalue weighted by molar-refractivity contribution is 1.20. The predicted molar refractivity (Wildman–Crippen MR) is 94.4 cm³/mol. The standard InChI is InChI=1S/C17H12Br2S/c18-16-11-15(17(19)20-16)10-12-6-8-14(9-7-12)13-4-2-1-3-5-13/h1-9,11H,10H2. The largest absolute Gasteiger partial charge is 0.121 e. The lowest BCUT2D eigenvalue weighted by Crippen LogP contribution is -1.86. The molecular weight excluding hydrogens is 396 g/mol. The monoisotopic (exact) mass is 406 g/mol. The summed E-state index contributed by atoms with van der Waals surface area (Å²) in [4.78, 5) is 0. The Morgan fingerprint density at radius 2 is 1.45 bits per heavy atom. The molecule has 2 aromatic carbocycles. The Kier molecular flexibility index (Phi) is 4.39. The van der Waals surface area contributed by atoms with Crippen LogP contribution in [0.2, 0.25) is 0 Å². The van der Waals surface area contributed by atoms with Gasteiger partial charge in [0.15, 0.2) is 0 Å². The molecule has 0 amide bonds. The number of halogens is 2. The van der Waals surface area contributed by atoms with E-state index in [1.165, 1.54) is 29.8 Å². The zero-order chi connectivity index (χ0) is 13.9. The van der Waals surface area contributed by atoms with Crippen LogP contribution in [-0.2, 0) is 6.42 Å². The summed E-state index contributed by atoms with van der Waals surface area (Å²) in [6.45, 7) is 0. The van der Waals surface area contributed by atoms with Crippen LogP contribution in [0, 0.1) is 0 Å². The highest BCUT2D eigenvalue weighted by molar-refractivity contribution is 9.12. The second-order valence-electron chi connectivity index (χ2n) is 4.59. The summed E-state index contributed by atoms with van der Waals surface area (Å²) in [5.41, 5.74) is 5.18. The highest BCUT2D eigenvalue weighted by atomic mass is 79.9. The highest BCUT2D eigenvalue weighted by Gasteiger charge is 2.06. The number of thiophene rings is 1. The number of hydrogen-bond donors (Lipinski definition) is 0. The molecule has 0 aliphatic carbocycles. The Morgan fingerprint density at radius 1 is 0.800 bits per heavy atom. The van der Waals surface area contributed by atoms with Gasteiger partial charge < -0.3 is 0 Å². The maximum atomic E-state index is 3.61. The van der Waals surface area contributed by atoms with Gasteiger partial charge in [0.25, 0.3) is 0 Å². The lowest BCUT2D eigenvalue weighted by atomic mass is 10.0. The molecule has 1 aromatic heterocycles. The van der Waals surface area contributed by atoms with E-state index in [-0.39, 0.29) is 0 Å². The predicted octanol–water partition coefficient (Wildman–Crippen LogP) is 6.53. The van der Waals surface area contributed by atoms with Gasteiger partial charge in [-0.2, -0.15) is 0 Å². The average Bonchev–Trinajstić information content (AvgIpc) is 2.79. The van der Waals surface area contributed by atoms with Crippen LogP contribution in [0.1, 0.15) is 11.1 Å². The maximum absolute atomic E-state index is 3.61. The van der Waals surface area contributed by atoms with Gasteiger partial charge in [-0.3, -0.25) is 0 Å². The van der Waals surface area contributed by atoms with Crippen molar-refractivity contribution < 1.29 is 0 Å². The van der Waals surface area contributed by atoms with Crippen LogP contribution in [0.5, 0.6) is 0 Å². The zero-order valence-electron chi connectivity index (χ0n) is 10.6. The first kappa shape index (κ1) is 14.1. The topological polar surface area (TPSA) is 0 Å². The van der Waals surface area contributed by atoms with Crippen molar-refractivity contribution in [3.63, 3.8) is 0 Å². The Bertz CT molecular complexity index is 700. The second-order valence-corrected chi connectivity index (χ2v) is 8.34. The van der Waals surface area contributed by atoms with E-state index in [1.807, 2.05) is 6.07 Å². The van der Waals surface area contributed by atoms with Crippen molar-refractivity contribution in [2.75, 3.05) is 0 Å². The van der Waals surface area contributed by atoms with E-state index in [0.29, 0.717) is 0 Å². The molecule has 0 fully saturated rings. The van der Waals surface area contributed by atoms with Crippen molar-refractivity contribution in [1.29, 1.82) is 0 Å². The Hall–Kier alpha value is -0.900. The number of hydrogen-bond acceptors (Lipinski definition) is 1. The van der Waals surface area contributed by atoms with E-state index in [4.69, 9.17) is 0 Å². The van der Waals surface area contributed by atoms with Crippen LogP contribution in [0.4, 0.5) is 0 Å². The van der Waals surface area contributed by atoms with Gasteiger partial charge >= 0.3 is 0 Å². The smallest absolute Gasteiger partial charge is 0.0745 e. The molecule has 0 N–H and O–H groups in total. The van der Waals surface area contributed by atoms with Gasteiger partial charge in [-0.25, -0.2) is 0 Å². The Morgan fingerprint density at radius 3 is 2.05 bits per heavy atom. The first-order chi connectivity index (χ1) is 9.72. The maximum Gasteiger partial charge on any atom is 0.0745 e. The summed E-state index contributed by atoms with van der Waals surface area (Å²) in [5.74, 6) is 0. The summed E-state index contributed by atoms with van der Waals surface area (Å²) in [6.07, 6.45) is 0.956. The van der Waals surface area contributed by atoms with Gasteiger partial charge in [-0.1, -0.05) is 54.6 Å². The van der Waals surface area contributed by atoms with E-state index in [9.17, 15) is 0 Å². The second kappa shape index (κ2) is 6.25. The molecule has 20 heavy (non-hydrogen) atoms. The van der Waals surface area contributed by atoms with E-state index in [1.54, 1.807) is 11.3 Å². The summed E-state index contributed by atoms with van der Waals surface area (Å²) < 4.78 is 2.37. The van der Waals surface area contributed by atoms with E-state index < -0.39 is 0 Å². The van der Waals surface area contributed by atoms with Crippen LogP contribution in [0.3, 0.4) is 0 Å². The van der Waals surface area contributed by atoms with Gasteiger partial charge in [0.2, 0.25) is 0 Å². The van der Waals surface area contributed by atoms with Gasteiger partial charge in [0.05, 0.1) is 7.57 Å². The molecule has 0 nitrogen and oxygen atoms in total. The zero-order valence-corrected chi connectivity index (χ0v) is 14.6. The normalized spacial score (nSPS) is 10.7. The van der Waals surface area contributed by atoms with Crippen LogP contribution < -0.4 is 0 Å². The minimum Gasteiger partial charge on any atom is -0.121 e. The Balaban J connectivity index is 1.82. The molecular formula is C17H12Br2S. The highest BCUT2D eigenvalue weighted by Crippen LogP contribution is 2.33. The summed E-state index contributed by atoms with van der Waals surface area (Å²) >= 11 is 8.86. The average molecular weight is 408 g/mol. The molecule has 0 saturated carbocycles. The molecule has 0 aliphatic heterocycles. The summed E-state index contributed by atoms with van der Waals surface area (Å²) in [6, 6.07) is 21.5. The van der Waals surface area contributed by atoms with Crippen LogP contribution in [0.15, 0.2) is 68.2 Å². The molecule has 3 rings (SSSR count). The molecule has 0 radical (unpaired) electrons. The van der Waals surface area contributed by atoms with Crippen molar-refractivity contribution in [2.24, 2.45) is 0 Å². The van der Waals surface area contributed by atoms with Crippen LogP contribution in [0.25, 0.3) is 11.1 Å². The van der Waals surface area contributed by atoms with Gasteiger partial charge in [-0.05, 0) is 66.6 Å². The van der Waals surface area contributed by atoms with E-state index >= 15 is 0 Å². The molecule has 0 bridgehead atoms. The van der Waals surface area contributed by atoms with Crippen molar-refractivity contribution in [1.82, 2.24) is 0 Å². The quantitative estimate of drug-likeness (QED) is 0.462. The first-order valence-corrected chi connectivity index (χ1v) is 8.71.